The Kier molecular flexibility index (Phi) is 6.20. The fraction of sp³-hybridized carbons (Fsp3) is 0.381. The van der Waals surface area contributed by atoms with E-state index in [0.717, 1.165) is 43.5 Å². The molecule has 0 aromatic heterocycles. The Bertz CT molecular complexity index is 785. The van der Waals surface area contributed by atoms with E-state index in [-0.39, 0.29) is 22.7 Å². The van der Waals surface area contributed by atoms with Crippen molar-refractivity contribution in [3.05, 3.63) is 59.9 Å². The highest BCUT2D eigenvalue weighted by Crippen LogP contribution is 2.26. The molecular weight excluding hydrogens is 349 g/mol. The molecule has 0 spiro atoms. The van der Waals surface area contributed by atoms with Crippen molar-refractivity contribution in [3.8, 4) is 11.1 Å². The van der Waals surface area contributed by atoms with Gasteiger partial charge in [0, 0.05) is 29.5 Å². The van der Waals surface area contributed by atoms with Crippen LogP contribution in [0.3, 0.4) is 0 Å². The van der Waals surface area contributed by atoms with Crippen molar-refractivity contribution in [2.45, 2.75) is 31.4 Å². The highest BCUT2D eigenvalue weighted by molar-refractivity contribution is 7.86. The molecule has 138 valence electrons. The number of halogens is 1. The predicted octanol–water partition coefficient (Wildman–Crippen LogP) is 4.31. The number of carbonyl (C=O) groups excluding carboxylic acids is 1. The fourth-order valence-corrected chi connectivity index (χ4v) is 4.40. The molecular formula is C21H24FNO2S. The van der Waals surface area contributed by atoms with Crippen LogP contribution in [0.5, 0.6) is 0 Å². The van der Waals surface area contributed by atoms with E-state index in [1.807, 2.05) is 36.1 Å². The number of likely N-dealkylation sites (tertiary alicyclic amines) is 1. The van der Waals surface area contributed by atoms with E-state index in [2.05, 4.69) is 0 Å². The second kappa shape index (κ2) is 8.58. The van der Waals surface area contributed by atoms with E-state index >= 15 is 0 Å². The van der Waals surface area contributed by atoms with Crippen molar-refractivity contribution in [1.82, 2.24) is 4.90 Å². The van der Waals surface area contributed by atoms with Crippen molar-refractivity contribution in [2.24, 2.45) is 0 Å². The Balaban J connectivity index is 1.65. The van der Waals surface area contributed by atoms with Crippen molar-refractivity contribution < 1.29 is 13.4 Å². The molecule has 1 fully saturated rings. The van der Waals surface area contributed by atoms with Crippen LogP contribution < -0.4 is 0 Å². The number of nitrogens with zero attached hydrogens (tertiary/aromatic N) is 1. The summed E-state index contributed by atoms with van der Waals surface area (Å²) in [5, 5.41) is -0.238. The van der Waals surface area contributed by atoms with E-state index in [4.69, 9.17) is 0 Å². The first-order valence-electron chi connectivity index (χ1n) is 9.06. The Labute approximate surface area is 156 Å². The maximum atomic E-state index is 13.9. The lowest BCUT2D eigenvalue weighted by atomic mass is 10.0. The molecule has 0 aliphatic carbocycles. The number of amides is 1. The summed E-state index contributed by atoms with van der Waals surface area (Å²) in [6.45, 7) is 3.43. The number of carbonyl (C=O) groups is 1. The Morgan fingerprint density at radius 2 is 1.73 bits per heavy atom. The number of hydrogen-bond donors (Lipinski definition) is 0. The van der Waals surface area contributed by atoms with Crippen LogP contribution in [0.25, 0.3) is 11.1 Å². The minimum absolute atomic E-state index is 0.0159. The molecule has 0 saturated carbocycles. The average molecular weight is 373 g/mol. The molecule has 26 heavy (non-hydrogen) atoms. The second-order valence-electron chi connectivity index (χ2n) is 6.71. The van der Waals surface area contributed by atoms with Crippen LogP contribution in [0, 0.1) is 5.82 Å². The molecule has 1 heterocycles. The van der Waals surface area contributed by atoms with Crippen molar-refractivity contribution in [2.75, 3.05) is 18.8 Å². The zero-order valence-electron chi connectivity index (χ0n) is 15.0. The van der Waals surface area contributed by atoms with Crippen LogP contribution in [0.1, 0.15) is 37.0 Å². The summed E-state index contributed by atoms with van der Waals surface area (Å²) in [7, 11) is -1.27. The molecule has 1 aliphatic rings. The van der Waals surface area contributed by atoms with Gasteiger partial charge in [-0.15, -0.1) is 0 Å². The van der Waals surface area contributed by atoms with Gasteiger partial charge >= 0.3 is 0 Å². The van der Waals surface area contributed by atoms with Gasteiger partial charge in [-0.25, -0.2) is 4.39 Å². The number of rotatable bonds is 5. The molecule has 2 atom stereocenters. The first kappa shape index (κ1) is 18.8. The lowest BCUT2D eigenvalue weighted by molar-refractivity contribution is -0.129. The minimum atomic E-state index is -1.27. The van der Waals surface area contributed by atoms with Gasteiger partial charge in [-0.2, -0.15) is 0 Å². The van der Waals surface area contributed by atoms with Crippen LogP contribution in [-0.4, -0.2) is 33.9 Å². The first-order chi connectivity index (χ1) is 12.6. The normalized spacial score (nSPS) is 16.9. The monoisotopic (exact) mass is 373 g/mol. The highest BCUT2D eigenvalue weighted by atomic mass is 32.2. The third-order valence-corrected chi connectivity index (χ3v) is 6.53. The zero-order valence-corrected chi connectivity index (χ0v) is 15.8. The molecule has 2 unspecified atom stereocenters. The third kappa shape index (κ3) is 4.39. The van der Waals surface area contributed by atoms with E-state index in [9.17, 15) is 13.4 Å². The van der Waals surface area contributed by atoms with Crippen LogP contribution in [0.15, 0.2) is 48.5 Å². The topological polar surface area (TPSA) is 37.4 Å². The second-order valence-corrected chi connectivity index (χ2v) is 8.47. The molecule has 1 amide bonds. The molecule has 0 radical (unpaired) electrons. The maximum absolute atomic E-state index is 13.9. The van der Waals surface area contributed by atoms with Gasteiger partial charge in [0.1, 0.15) is 11.6 Å². The molecule has 0 N–H and O–H groups in total. The molecule has 2 aromatic rings. The zero-order chi connectivity index (χ0) is 18.5. The first-order valence-corrected chi connectivity index (χ1v) is 10.4. The minimum Gasteiger partial charge on any atom is -0.342 e. The number of hydrogen-bond acceptors (Lipinski definition) is 2. The summed E-state index contributed by atoms with van der Waals surface area (Å²) >= 11 is 0. The quantitative estimate of drug-likeness (QED) is 0.783. The van der Waals surface area contributed by atoms with E-state index in [1.165, 1.54) is 6.07 Å². The number of benzene rings is 2. The molecule has 1 aliphatic heterocycles. The summed E-state index contributed by atoms with van der Waals surface area (Å²) in [4.78, 5) is 14.1. The van der Waals surface area contributed by atoms with Crippen LogP contribution in [0.2, 0.25) is 0 Å². The molecule has 3 nitrogen and oxygen atoms in total. The Morgan fingerprint density at radius 1 is 1.08 bits per heavy atom. The van der Waals surface area contributed by atoms with E-state index < -0.39 is 10.8 Å². The van der Waals surface area contributed by atoms with E-state index in [1.54, 1.807) is 18.2 Å². The van der Waals surface area contributed by atoms with Crippen LogP contribution >= 0.6 is 0 Å². The molecule has 2 aromatic carbocycles. The summed E-state index contributed by atoms with van der Waals surface area (Å²) in [6, 6.07) is 14.1. The van der Waals surface area contributed by atoms with Gasteiger partial charge in [-0.3, -0.25) is 9.00 Å². The predicted molar refractivity (Wildman–Crippen MR) is 104 cm³/mol. The van der Waals surface area contributed by atoms with Gasteiger partial charge in [0.2, 0.25) is 5.91 Å². The summed E-state index contributed by atoms with van der Waals surface area (Å²) in [5.41, 5.74) is 2.23. The summed E-state index contributed by atoms with van der Waals surface area (Å²) in [6.07, 6.45) is 3.23. The SMILES string of the molecule is CC(c1ccc(-c2ccccc2F)cc1)S(=O)CC(=O)N1CCCCC1. The van der Waals surface area contributed by atoms with Gasteiger partial charge < -0.3 is 4.90 Å². The summed E-state index contributed by atoms with van der Waals surface area (Å²) in [5.74, 6) is -0.210. The Morgan fingerprint density at radius 3 is 2.38 bits per heavy atom. The van der Waals surface area contributed by atoms with Crippen LogP contribution in [-0.2, 0) is 15.6 Å². The molecule has 3 rings (SSSR count). The lowest BCUT2D eigenvalue weighted by Gasteiger charge is -2.27. The van der Waals surface area contributed by atoms with Gasteiger partial charge in [0.05, 0.1) is 5.25 Å². The largest absolute Gasteiger partial charge is 0.342 e. The molecule has 1 saturated heterocycles. The van der Waals surface area contributed by atoms with Gasteiger partial charge in [-0.1, -0.05) is 42.5 Å². The van der Waals surface area contributed by atoms with Crippen molar-refractivity contribution >= 4 is 16.7 Å². The lowest BCUT2D eigenvalue weighted by Crippen LogP contribution is -2.38. The highest BCUT2D eigenvalue weighted by Gasteiger charge is 2.22. The summed E-state index contributed by atoms with van der Waals surface area (Å²) < 4.78 is 26.5. The number of piperidine rings is 1. The standard InChI is InChI=1S/C21H24FNO2S/c1-16(26(25)15-21(24)23-13-5-2-6-14-23)17-9-11-18(12-10-17)19-7-3-4-8-20(19)22/h3-4,7-12,16H,2,5-6,13-15H2,1H3. The molecule has 5 heteroatoms. The smallest absolute Gasteiger partial charge is 0.235 e. The average Bonchev–Trinajstić information content (AvgIpc) is 2.68. The van der Waals surface area contributed by atoms with Gasteiger partial charge in [0.15, 0.2) is 0 Å². The van der Waals surface area contributed by atoms with Crippen molar-refractivity contribution in [3.63, 3.8) is 0 Å². The van der Waals surface area contributed by atoms with Gasteiger partial charge in [-0.05, 0) is 43.4 Å². The molecule has 0 bridgehead atoms. The van der Waals surface area contributed by atoms with Gasteiger partial charge in [0.25, 0.3) is 0 Å². The Hall–Kier alpha value is -2.01. The van der Waals surface area contributed by atoms with Crippen LogP contribution in [0.4, 0.5) is 4.39 Å². The fourth-order valence-electron chi connectivity index (χ4n) is 3.26. The van der Waals surface area contributed by atoms with E-state index in [0.29, 0.717) is 5.56 Å². The maximum Gasteiger partial charge on any atom is 0.235 e. The third-order valence-electron chi connectivity index (χ3n) is 4.93. The van der Waals surface area contributed by atoms with Crippen molar-refractivity contribution in [1.29, 1.82) is 0 Å².